The third-order valence-electron chi connectivity index (χ3n) is 3.08. The van der Waals surface area contributed by atoms with Crippen molar-refractivity contribution in [1.82, 2.24) is 19.5 Å². The number of hydrogen-bond donors (Lipinski definition) is 1. The Labute approximate surface area is 111 Å². The zero-order chi connectivity index (χ0) is 14.0. The molecule has 0 fully saturated rings. The summed E-state index contributed by atoms with van der Waals surface area (Å²) in [5.41, 5.74) is 8.81. The number of methoxy groups -OCH3 is 1. The van der Waals surface area contributed by atoms with Crippen LogP contribution in [-0.4, -0.2) is 38.7 Å². The Hall–Kier alpha value is -2.15. The molecule has 0 bridgehead atoms. The van der Waals surface area contributed by atoms with Crippen LogP contribution < -0.4 is 5.73 Å². The van der Waals surface area contributed by atoms with Crippen LogP contribution in [-0.2, 0) is 16.0 Å². The van der Waals surface area contributed by atoms with Gasteiger partial charge in [0.15, 0.2) is 0 Å². The van der Waals surface area contributed by atoms with Crippen LogP contribution in [0.5, 0.6) is 0 Å². The highest BCUT2D eigenvalue weighted by molar-refractivity contribution is 5.75. The Bertz CT molecular complexity index is 573. The normalized spacial score (nSPS) is 12.4. The molecule has 2 aromatic rings. The molecule has 2 heterocycles. The van der Waals surface area contributed by atoms with Gasteiger partial charge in [-0.2, -0.15) is 0 Å². The van der Waals surface area contributed by atoms with Gasteiger partial charge in [-0.3, -0.25) is 9.47 Å². The minimum absolute atomic E-state index is 0.408. The van der Waals surface area contributed by atoms with Gasteiger partial charge in [-0.15, -0.1) is 10.2 Å². The van der Waals surface area contributed by atoms with Crippen molar-refractivity contribution in [3.8, 4) is 0 Å². The summed E-state index contributed by atoms with van der Waals surface area (Å²) < 4.78 is 8.37. The lowest BCUT2D eigenvalue weighted by Crippen LogP contribution is -2.33. The van der Waals surface area contributed by atoms with Crippen molar-refractivity contribution in [2.75, 3.05) is 7.11 Å². The highest BCUT2D eigenvalue weighted by Gasteiger charge is 2.18. The number of rotatable bonds is 4. The highest BCUT2D eigenvalue weighted by atomic mass is 16.5. The van der Waals surface area contributed by atoms with E-state index in [0.717, 1.165) is 17.0 Å². The topological polar surface area (TPSA) is 88.0 Å². The number of carbonyl (C=O) groups excluding carboxylic acids is 1. The van der Waals surface area contributed by atoms with Gasteiger partial charge in [-0.25, -0.2) is 4.68 Å². The molecule has 0 spiro atoms. The van der Waals surface area contributed by atoms with Gasteiger partial charge in [-0.1, -0.05) is 0 Å². The van der Waals surface area contributed by atoms with E-state index in [1.165, 1.54) is 7.11 Å². The molecular weight excluding hydrogens is 246 g/mol. The minimum atomic E-state index is -0.653. The first-order valence-corrected chi connectivity index (χ1v) is 5.91. The number of ether oxygens (including phenoxy) is 1. The summed E-state index contributed by atoms with van der Waals surface area (Å²) in [5, 5.41) is 7.57. The van der Waals surface area contributed by atoms with Gasteiger partial charge in [0.1, 0.15) is 18.7 Å². The van der Waals surface area contributed by atoms with E-state index in [1.54, 1.807) is 17.3 Å². The van der Waals surface area contributed by atoms with Crippen LogP contribution in [0.1, 0.15) is 17.0 Å². The van der Waals surface area contributed by atoms with Crippen LogP contribution in [0.2, 0.25) is 0 Å². The number of hydrogen-bond acceptors (Lipinski definition) is 5. The molecule has 19 heavy (non-hydrogen) atoms. The van der Waals surface area contributed by atoms with E-state index in [2.05, 4.69) is 14.9 Å². The fourth-order valence-electron chi connectivity index (χ4n) is 2.15. The average Bonchev–Trinajstić information content (AvgIpc) is 2.98. The molecule has 0 aromatic carbocycles. The zero-order valence-corrected chi connectivity index (χ0v) is 11.2. The molecule has 0 saturated carbocycles. The van der Waals surface area contributed by atoms with Gasteiger partial charge < -0.3 is 10.5 Å². The number of nitrogens with two attached hydrogens (primary N) is 1. The van der Waals surface area contributed by atoms with Gasteiger partial charge >= 0.3 is 5.97 Å². The first-order valence-electron chi connectivity index (χ1n) is 5.91. The second-order valence-corrected chi connectivity index (χ2v) is 4.38. The fraction of sp³-hybridized carbons (Fsp3) is 0.417. The molecule has 2 rings (SSSR count). The van der Waals surface area contributed by atoms with Crippen molar-refractivity contribution >= 4 is 5.97 Å². The molecular formula is C12H17N5O2. The predicted octanol–water partition coefficient (Wildman–Crippen LogP) is 0.0506. The Morgan fingerprint density at radius 2 is 2.05 bits per heavy atom. The highest BCUT2D eigenvalue weighted by Crippen LogP contribution is 2.16. The number of aryl methyl sites for hydroxylation is 1. The van der Waals surface area contributed by atoms with Crippen LogP contribution in [0.25, 0.3) is 0 Å². The molecule has 102 valence electrons. The van der Waals surface area contributed by atoms with Gasteiger partial charge in [0, 0.05) is 17.8 Å². The van der Waals surface area contributed by atoms with Crippen molar-refractivity contribution in [2.45, 2.75) is 26.3 Å². The molecule has 0 amide bonds. The monoisotopic (exact) mass is 263 g/mol. The molecule has 7 heteroatoms. The largest absolute Gasteiger partial charge is 0.468 e. The first-order chi connectivity index (χ1) is 9.04. The van der Waals surface area contributed by atoms with Crippen LogP contribution in [0.3, 0.4) is 0 Å². The minimum Gasteiger partial charge on any atom is -0.468 e. The maximum Gasteiger partial charge on any atom is 0.322 e. The smallest absolute Gasteiger partial charge is 0.322 e. The molecule has 2 aromatic heterocycles. The Balaban J connectivity index is 2.29. The molecule has 0 saturated heterocycles. The third kappa shape index (κ3) is 2.50. The van der Waals surface area contributed by atoms with E-state index in [9.17, 15) is 4.79 Å². The molecule has 1 unspecified atom stereocenters. The van der Waals surface area contributed by atoms with E-state index in [-0.39, 0.29) is 0 Å². The standard InChI is InChI=1S/C12H17N5O2/c1-8-4-10(5-11(13)12(18)19-3)9(2)17(8)16-6-14-15-7-16/h4,6-7,11H,5,13H2,1-3H3. The number of nitrogens with zero attached hydrogens (tertiary/aromatic N) is 4. The number of carbonyl (C=O) groups is 1. The van der Waals surface area contributed by atoms with E-state index in [4.69, 9.17) is 5.73 Å². The molecule has 7 nitrogen and oxygen atoms in total. The van der Waals surface area contributed by atoms with Crippen LogP contribution in [0.15, 0.2) is 18.7 Å². The van der Waals surface area contributed by atoms with Gasteiger partial charge in [0.25, 0.3) is 0 Å². The average molecular weight is 263 g/mol. The summed E-state index contributed by atoms with van der Waals surface area (Å²) in [7, 11) is 1.34. The Morgan fingerprint density at radius 1 is 1.42 bits per heavy atom. The van der Waals surface area contributed by atoms with Crippen molar-refractivity contribution in [3.05, 3.63) is 35.7 Å². The Morgan fingerprint density at radius 3 is 2.63 bits per heavy atom. The SMILES string of the molecule is COC(=O)C(N)Cc1cc(C)n(-n2cnnc2)c1C. The van der Waals surface area contributed by atoms with Gasteiger partial charge in [-0.05, 0) is 25.5 Å². The molecule has 0 radical (unpaired) electrons. The van der Waals surface area contributed by atoms with E-state index in [0.29, 0.717) is 6.42 Å². The van der Waals surface area contributed by atoms with Crippen molar-refractivity contribution in [3.63, 3.8) is 0 Å². The second-order valence-electron chi connectivity index (χ2n) is 4.38. The van der Waals surface area contributed by atoms with E-state index in [1.807, 2.05) is 24.6 Å². The van der Waals surface area contributed by atoms with E-state index < -0.39 is 12.0 Å². The maximum absolute atomic E-state index is 11.4. The summed E-state index contributed by atoms with van der Waals surface area (Å²) in [6, 6.07) is 1.35. The number of esters is 1. The zero-order valence-electron chi connectivity index (χ0n) is 11.2. The summed E-state index contributed by atoms with van der Waals surface area (Å²) in [6.07, 6.45) is 3.67. The van der Waals surface area contributed by atoms with Crippen LogP contribution in [0, 0.1) is 13.8 Å². The van der Waals surface area contributed by atoms with Crippen LogP contribution in [0.4, 0.5) is 0 Å². The van der Waals surface area contributed by atoms with Gasteiger partial charge in [0.2, 0.25) is 0 Å². The molecule has 1 atom stereocenters. The summed E-state index contributed by atoms with van der Waals surface area (Å²) >= 11 is 0. The predicted molar refractivity (Wildman–Crippen MR) is 68.4 cm³/mol. The Kier molecular flexibility index (Phi) is 3.66. The lowest BCUT2D eigenvalue weighted by Gasteiger charge is -2.11. The molecule has 0 aliphatic heterocycles. The fourth-order valence-corrected chi connectivity index (χ4v) is 2.15. The van der Waals surface area contributed by atoms with Crippen molar-refractivity contribution in [2.24, 2.45) is 5.73 Å². The summed E-state index contributed by atoms with van der Waals surface area (Å²) in [4.78, 5) is 11.4. The lowest BCUT2D eigenvalue weighted by molar-refractivity contribution is -0.142. The molecule has 2 N–H and O–H groups in total. The van der Waals surface area contributed by atoms with Crippen LogP contribution >= 0.6 is 0 Å². The summed E-state index contributed by atoms with van der Waals surface area (Å²) in [5.74, 6) is -0.408. The van der Waals surface area contributed by atoms with E-state index >= 15 is 0 Å². The van der Waals surface area contributed by atoms with Crippen molar-refractivity contribution in [1.29, 1.82) is 0 Å². The van der Waals surface area contributed by atoms with Gasteiger partial charge in [0.05, 0.1) is 7.11 Å². The second kappa shape index (κ2) is 5.23. The quantitative estimate of drug-likeness (QED) is 0.787. The lowest BCUT2D eigenvalue weighted by atomic mass is 10.1. The number of aromatic nitrogens is 4. The van der Waals surface area contributed by atoms with Crippen molar-refractivity contribution < 1.29 is 9.53 Å². The first kappa shape index (κ1) is 13.3. The molecule has 0 aliphatic rings. The summed E-state index contributed by atoms with van der Waals surface area (Å²) in [6.45, 7) is 3.94. The maximum atomic E-state index is 11.4. The molecule has 0 aliphatic carbocycles. The third-order valence-corrected chi connectivity index (χ3v) is 3.08.